The van der Waals surface area contributed by atoms with Crippen LogP contribution in [-0.2, 0) is 11.3 Å². The predicted molar refractivity (Wildman–Crippen MR) is 138 cm³/mol. The Labute approximate surface area is 205 Å². The molecule has 0 saturated carbocycles. The second-order valence-corrected chi connectivity index (χ2v) is 10.1. The van der Waals surface area contributed by atoms with Gasteiger partial charge in [-0.2, -0.15) is 0 Å². The molecule has 1 saturated heterocycles. The third-order valence-corrected chi connectivity index (χ3v) is 6.06. The highest BCUT2D eigenvalue weighted by Crippen LogP contribution is 2.21. The van der Waals surface area contributed by atoms with Crippen molar-refractivity contribution >= 4 is 34.7 Å². The highest BCUT2D eigenvalue weighted by molar-refractivity contribution is 6.30. The number of nitrogens with two attached hydrogens (primary N) is 1. The molecule has 0 unspecified atom stereocenters. The van der Waals surface area contributed by atoms with E-state index in [0.717, 1.165) is 18.8 Å². The van der Waals surface area contributed by atoms with Gasteiger partial charge >= 0.3 is 5.69 Å². The molecule has 2 aromatic rings. The Balaban J connectivity index is 1.78. The summed E-state index contributed by atoms with van der Waals surface area (Å²) in [5.41, 5.74) is 6.25. The van der Waals surface area contributed by atoms with E-state index in [4.69, 9.17) is 17.3 Å². The number of amides is 1. The van der Waals surface area contributed by atoms with E-state index in [1.54, 1.807) is 0 Å². The first-order valence-corrected chi connectivity index (χ1v) is 12.1. The minimum absolute atomic E-state index is 0.0315. The molecular formula is C24H35ClN6O3. The van der Waals surface area contributed by atoms with Crippen molar-refractivity contribution in [2.45, 2.75) is 34.2 Å². The van der Waals surface area contributed by atoms with E-state index < -0.39 is 11.2 Å². The summed E-state index contributed by atoms with van der Waals surface area (Å²) in [6.07, 6.45) is 0. The van der Waals surface area contributed by atoms with Crippen LogP contribution in [0.15, 0.2) is 33.9 Å². The smallest absolute Gasteiger partial charge is 0.330 e. The molecule has 10 heteroatoms. The van der Waals surface area contributed by atoms with Gasteiger partial charge in [0.1, 0.15) is 5.82 Å². The van der Waals surface area contributed by atoms with Gasteiger partial charge in [0, 0.05) is 50.0 Å². The lowest BCUT2D eigenvalue weighted by molar-refractivity contribution is -0.120. The second-order valence-electron chi connectivity index (χ2n) is 9.64. The average Bonchev–Trinajstić information content (AvgIpc) is 2.76. The van der Waals surface area contributed by atoms with Crippen LogP contribution in [0.3, 0.4) is 0 Å². The van der Waals surface area contributed by atoms with Crippen LogP contribution in [0.4, 0.5) is 17.2 Å². The minimum atomic E-state index is -0.635. The molecule has 3 N–H and O–H groups in total. The Kier molecular flexibility index (Phi) is 8.43. The van der Waals surface area contributed by atoms with Crippen molar-refractivity contribution in [3.05, 3.63) is 50.1 Å². The largest absolute Gasteiger partial charge is 0.383 e. The Morgan fingerprint density at radius 1 is 1.06 bits per heavy atom. The number of aromatic amines is 1. The topological polar surface area (TPSA) is 108 Å². The van der Waals surface area contributed by atoms with E-state index >= 15 is 0 Å². The number of piperazine rings is 1. The molecule has 1 aliphatic heterocycles. The maximum absolute atomic E-state index is 13.4. The molecule has 0 bridgehead atoms. The van der Waals surface area contributed by atoms with Gasteiger partial charge < -0.3 is 15.5 Å². The fraction of sp³-hybridized carbons (Fsp3) is 0.542. The van der Waals surface area contributed by atoms with Crippen molar-refractivity contribution in [1.29, 1.82) is 0 Å². The minimum Gasteiger partial charge on any atom is -0.383 e. The van der Waals surface area contributed by atoms with Crippen molar-refractivity contribution in [1.82, 2.24) is 14.5 Å². The summed E-state index contributed by atoms with van der Waals surface area (Å²) < 4.78 is 1.34. The van der Waals surface area contributed by atoms with Gasteiger partial charge in [-0.3, -0.25) is 24.0 Å². The monoisotopic (exact) mass is 490 g/mol. The number of carbonyl (C=O) groups is 1. The number of halogens is 1. The van der Waals surface area contributed by atoms with Crippen LogP contribution in [0.25, 0.3) is 0 Å². The van der Waals surface area contributed by atoms with Crippen molar-refractivity contribution in [3.63, 3.8) is 0 Å². The van der Waals surface area contributed by atoms with Gasteiger partial charge in [0.05, 0.1) is 6.54 Å². The van der Waals surface area contributed by atoms with Crippen LogP contribution in [0.1, 0.15) is 27.7 Å². The molecule has 34 heavy (non-hydrogen) atoms. The van der Waals surface area contributed by atoms with Crippen LogP contribution >= 0.6 is 11.6 Å². The summed E-state index contributed by atoms with van der Waals surface area (Å²) in [7, 11) is 0. The van der Waals surface area contributed by atoms with Crippen molar-refractivity contribution in [2.75, 3.05) is 54.8 Å². The number of nitrogens with one attached hydrogen (secondary N) is 1. The number of rotatable bonds is 8. The molecule has 0 spiro atoms. The third kappa shape index (κ3) is 6.21. The van der Waals surface area contributed by atoms with E-state index in [0.29, 0.717) is 31.2 Å². The molecule has 0 aliphatic carbocycles. The van der Waals surface area contributed by atoms with Gasteiger partial charge in [-0.05, 0) is 36.1 Å². The lowest BCUT2D eigenvalue weighted by Crippen LogP contribution is -2.51. The standard InChI is InChI=1S/C24H35ClN6O3/c1-16(2)13-30(21-22(26)31(14-17(3)4)24(34)27-23(21)33)20(32)15-28-9-11-29(12-10-28)19-7-5-18(25)6-8-19/h5-8,16-17H,9-15,26H2,1-4H3,(H,27,33,34). The Morgan fingerprint density at radius 2 is 1.68 bits per heavy atom. The summed E-state index contributed by atoms with van der Waals surface area (Å²) in [5.74, 6) is 0.0736. The van der Waals surface area contributed by atoms with E-state index in [1.807, 2.05) is 52.0 Å². The molecule has 1 aliphatic rings. The summed E-state index contributed by atoms with van der Waals surface area (Å²) in [6, 6.07) is 7.73. The molecule has 1 fully saturated rings. The van der Waals surface area contributed by atoms with Gasteiger partial charge in [-0.1, -0.05) is 39.3 Å². The quantitative estimate of drug-likeness (QED) is 0.587. The number of hydrogen-bond donors (Lipinski definition) is 2. The first kappa shape index (κ1) is 25.8. The number of nitrogens with zero attached hydrogens (tertiary/aromatic N) is 4. The molecule has 9 nitrogen and oxygen atoms in total. The third-order valence-electron chi connectivity index (χ3n) is 5.80. The van der Waals surface area contributed by atoms with Gasteiger partial charge in [0.2, 0.25) is 5.91 Å². The zero-order chi connectivity index (χ0) is 25.0. The first-order chi connectivity index (χ1) is 16.1. The second kappa shape index (κ2) is 11.1. The zero-order valence-corrected chi connectivity index (χ0v) is 21.1. The Hall–Kier alpha value is -2.78. The Morgan fingerprint density at radius 3 is 2.24 bits per heavy atom. The molecule has 1 amide bonds. The molecule has 0 radical (unpaired) electrons. The number of aromatic nitrogens is 2. The number of hydrogen-bond acceptors (Lipinski definition) is 6. The van der Waals surface area contributed by atoms with Crippen LogP contribution in [0.5, 0.6) is 0 Å². The molecule has 1 aromatic carbocycles. The summed E-state index contributed by atoms with van der Waals surface area (Å²) in [5, 5.41) is 0.701. The van der Waals surface area contributed by atoms with E-state index in [-0.39, 0.29) is 35.8 Å². The molecule has 0 atom stereocenters. The van der Waals surface area contributed by atoms with Gasteiger partial charge in [-0.25, -0.2) is 4.79 Å². The van der Waals surface area contributed by atoms with Crippen LogP contribution in [-0.4, -0.2) is 59.6 Å². The van der Waals surface area contributed by atoms with Gasteiger partial charge in [0.25, 0.3) is 5.56 Å². The number of nitrogen functional groups attached to an aromatic ring is 1. The normalized spacial score (nSPS) is 14.7. The van der Waals surface area contributed by atoms with Gasteiger partial charge in [0.15, 0.2) is 5.69 Å². The maximum Gasteiger partial charge on any atom is 0.330 e. The number of H-pyrrole nitrogens is 1. The number of carbonyl (C=O) groups excluding carboxylic acids is 1. The van der Waals surface area contributed by atoms with Crippen molar-refractivity contribution in [3.8, 4) is 0 Å². The molecule has 1 aromatic heterocycles. The van der Waals surface area contributed by atoms with Crippen molar-refractivity contribution < 1.29 is 4.79 Å². The van der Waals surface area contributed by atoms with Crippen molar-refractivity contribution in [2.24, 2.45) is 11.8 Å². The van der Waals surface area contributed by atoms with Crippen LogP contribution < -0.4 is 26.8 Å². The van der Waals surface area contributed by atoms with E-state index in [2.05, 4.69) is 14.8 Å². The lowest BCUT2D eigenvalue weighted by Gasteiger charge is -2.37. The number of benzene rings is 1. The summed E-state index contributed by atoms with van der Waals surface area (Å²) >= 11 is 5.99. The predicted octanol–water partition coefficient (Wildman–Crippen LogP) is 2.24. The summed E-state index contributed by atoms with van der Waals surface area (Å²) in [6.45, 7) is 11.7. The van der Waals surface area contributed by atoms with Crippen LogP contribution in [0.2, 0.25) is 5.02 Å². The molecule has 2 heterocycles. The fourth-order valence-electron chi connectivity index (χ4n) is 4.16. The van der Waals surface area contributed by atoms with Crippen LogP contribution in [0, 0.1) is 11.8 Å². The Bertz CT molecular complexity index is 1100. The molecule has 3 rings (SSSR count). The zero-order valence-electron chi connectivity index (χ0n) is 20.4. The molecular weight excluding hydrogens is 456 g/mol. The van der Waals surface area contributed by atoms with Gasteiger partial charge in [-0.15, -0.1) is 0 Å². The highest BCUT2D eigenvalue weighted by Gasteiger charge is 2.28. The van der Waals surface area contributed by atoms with E-state index in [9.17, 15) is 14.4 Å². The number of anilines is 3. The lowest BCUT2D eigenvalue weighted by atomic mass is 10.2. The summed E-state index contributed by atoms with van der Waals surface area (Å²) in [4.78, 5) is 46.7. The molecule has 186 valence electrons. The maximum atomic E-state index is 13.4. The fourth-order valence-corrected chi connectivity index (χ4v) is 4.29. The highest BCUT2D eigenvalue weighted by atomic mass is 35.5. The first-order valence-electron chi connectivity index (χ1n) is 11.7. The SMILES string of the molecule is CC(C)CN(C(=O)CN1CCN(c2ccc(Cl)cc2)CC1)c1c(N)n(CC(C)C)c(=O)[nH]c1=O. The average molecular weight is 491 g/mol. The van der Waals surface area contributed by atoms with E-state index in [1.165, 1.54) is 9.47 Å².